The van der Waals surface area contributed by atoms with E-state index >= 15 is 0 Å². The highest BCUT2D eigenvalue weighted by Crippen LogP contribution is 2.26. The van der Waals surface area contributed by atoms with Gasteiger partial charge in [-0.1, -0.05) is 23.9 Å². The zero-order valence-corrected chi connectivity index (χ0v) is 14.5. The smallest absolute Gasteiger partial charge is 0.316 e. The summed E-state index contributed by atoms with van der Waals surface area (Å²) < 4.78 is 19.5. The SMILES string of the molecule is COC(=O)CSc1nc2ccccc2c2nc(-c3ccc(F)cc3)nn12. The summed E-state index contributed by atoms with van der Waals surface area (Å²) >= 11 is 1.22. The molecule has 0 amide bonds. The molecule has 0 unspecified atom stereocenters. The van der Waals surface area contributed by atoms with Crippen LogP contribution >= 0.6 is 11.8 Å². The zero-order chi connectivity index (χ0) is 18.1. The van der Waals surface area contributed by atoms with Crippen LogP contribution in [0.3, 0.4) is 0 Å². The van der Waals surface area contributed by atoms with E-state index in [0.29, 0.717) is 22.2 Å². The normalized spacial score (nSPS) is 11.2. The quantitative estimate of drug-likeness (QED) is 0.313. The van der Waals surface area contributed by atoms with Gasteiger partial charge in [-0.2, -0.15) is 4.52 Å². The molecule has 8 heteroatoms. The summed E-state index contributed by atoms with van der Waals surface area (Å²) in [5, 5.41) is 5.89. The van der Waals surface area contributed by atoms with Crippen LogP contribution in [0.25, 0.3) is 27.9 Å². The number of benzene rings is 2. The van der Waals surface area contributed by atoms with Crippen molar-refractivity contribution in [1.29, 1.82) is 0 Å². The number of hydrogen-bond donors (Lipinski definition) is 0. The topological polar surface area (TPSA) is 69.4 Å². The maximum Gasteiger partial charge on any atom is 0.316 e. The van der Waals surface area contributed by atoms with E-state index in [1.54, 1.807) is 16.6 Å². The van der Waals surface area contributed by atoms with Gasteiger partial charge in [-0.05, 0) is 36.4 Å². The molecule has 2 heterocycles. The predicted molar refractivity (Wildman–Crippen MR) is 96.4 cm³/mol. The van der Waals surface area contributed by atoms with Crippen molar-refractivity contribution >= 4 is 34.3 Å². The van der Waals surface area contributed by atoms with Crippen LogP contribution in [0.5, 0.6) is 0 Å². The summed E-state index contributed by atoms with van der Waals surface area (Å²) in [5.74, 6) is -0.0955. The Bertz CT molecular complexity index is 1110. The van der Waals surface area contributed by atoms with E-state index in [4.69, 9.17) is 0 Å². The average Bonchev–Trinajstić information content (AvgIpc) is 3.12. The second kappa shape index (κ2) is 6.72. The molecular weight excluding hydrogens is 355 g/mol. The van der Waals surface area contributed by atoms with Crippen molar-refractivity contribution in [2.24, 2.45) is 0 Å². The van der Waals surface area contributed by atoms with Gasteiger partial charge in [-0.25, -0.2) is 14.4 Å². The van der Waals surface area contributed by atoms with Crippen molar-refractivity contribution in [2.75, 3.05) is 12.9 Å². The van der Waals surface area contributed by atoms with Gasteiger partial charge in [0.2, 0.25) is 0 Å². The number of carbonyl (C=O) groups is 1. The molecule has 0 aliphatic rings. The monoisotopic (exact) mass is 368 g/mol. The number of carbonyl (C=O) groups excluding carboxylic acids is 1. The minimum absolute atomic E-state index is 0.114. The van der Waals surface area contributed by atoms with Crippen molar-refractivity contribution in [2.45, 2.75) is 5.16 Å². The lowest BCUT2D eigenvalue weighted by Crippen LogP contribution is -2.06. The molecule has 26 heavy (non-hydrogen) atoms. The molecule has 4 rings (SSSR count). The van der Waals surface area contributed by atoms with E-state index in [-0.39, 0.29) is 17.5 Å². The predicted octanol–water partition coefficient (Wildman–Crippen LogP) is 3.35. The summed E-state index contributed by atoms with van der Waals surface area (Å²) in [6.45, 7) is 0. The van der Waals surface area contributed by atoms with Crippen LogP contribution in [0.2, 0.25) is 0 Å². The number of nitrogens with zero attached hydrogens (tertiary/aromatic N) is 4. The summed E-state index contributed by atoms with van der Waals surface area (Å²) in [6, 6.07) is 13.6. The largest absolute Gasteiger partial charge is 0.468 e. The highest BCUT2D eigenvalue weighted by Gasteiger charge is 2.16. The van der Waals surface area contributed by atoms with Crippen LogP contribution < -0.4 is 0 Å². The fraction of sp³-hybridized carbons (Fsp3) is 0.111. The third-order valence-corrected chi connectivity index (χ3v) is 4.70. The first-order valence-electron chi connectivity index (χ1n) is 7.77. The standard InChI is InChI=1S/C18H13FN4O2S/c1-25-15(24)10-26-18-20-14-5-3-2-4-13(14)17-21-16(22-23(17)18)11-6-8-12(19)9-7-11/h2-9H,10H2,1H3. The summed E-state index contributed by atoms with van der Waals surface area (Å²) in [4.78, 5) is 20.7. The molecule has 130 valence electrons. The Morgan fingerprint density at radius 1 is 1.15 bits per heavy atom. The lowest BCUT2D eigenvalue weighted by atomic mass is 10.2. The summed E-state index contributed by atoms with van der Waals surface area (Å²) in [5.41, 5.74) is 2.08. The fourth-order valence-corrected chi connectivity index (χ4v) is 3.30. The maximum absolute atomic E-state index is 13.2. The third kappa shape index (κ3) is 2.99. The van der Waals surface area contributed by atoms with Gasteiger partial charge in [0.1, 0.15) is 5.82 Å². The number of esters is 1. The van der Waals surface area contributed by atoms with E-state index in [9.17, 15) is 9.18 Å². The van der Waals surface area contributed by atoms with E-state index < -0.39 is 0 Å². The van der Waals surface area contributed by atoms with Crippen LogP contribution in [0.15, 0.2) is 53.7 Å². The molecule has 0 aliphatic heterocycles. The van der Waals surface area contributed by atoms with Crippen molar-refractivity contribution < 1.29 is 13.9 Å². The van der Waals surface area contributed by atoms with Gasteiger partial charge >= 0.3 is 5.97 Å². The molecule has 0 atom stereocenters. The van der Waals surface area contributed by atoms with Gasteiger partial charge in [0.15, 0.2) is 16.6 Å². The van der Waals surface area contributed by atoms with Crippen LogP contribution in [-0.4, -0.2) is 38.4 Å². The first-order valence-corrected chi connectivity index (χ1v) is 8.75. The van der Waals surface area contributed by atoms with Gasteiger partial charge in [0.25, 0.3) is 0 Å². The molecule has 0 saturated heterocycles. The molecule has 0 bridgehead atoms. The molecule has 0 saturated carbocycles. The molecule has 0 spiro atoms. The zero-order valence-electron chi connectivity index (χ0n) is 13.7. The number of thioether (sulfide) groups is 1. The molecule has 4 aromatic rings. The fourth-order valence-electron chi connectivity index (χ4n) is 2.53. The number of halogens is 1. The Morgan fingerprint density at radius 2 is 1.92 bits per heavy atom. The van der Waals surface area contributed by atoms with Gasteiger partial charge < -0.3 is 4.74 Å². The lowest BCUT2D eigenvalue weighted by Gasteiger charge is -2.05. The molecule has 2 aromatic heterocycles. The van der Waals surface area contributed by atoms with Crippen LogP contribution in [0, 0.1) is 5.82 Å². The average molecular weight is 368 g/mol. The molecule has 2 aromatic carbocycles. The number of hydrogen-bond acceptors (Lipinski definition) is 6. The minimum Gasteiger partial charge on any atom is -0.468 e. The number of aromatic nitrogens is 4. The number of para-hydroxylation sites is 1. The Labute approximate surface area is 152 Å². The van der Waals surface area contributed by atoms with Crippen molar-refractivity contribution in [1.82, 2.24) is 19.6 Å². The minimum atomic E-state index is -0.350. The molecule has 0 fully saturated rings. The van der Waals surface area contributed by atoms with E-state index in [1.165, 1.54) is 31.0 Å². The molecule has 6 nitrogen and oxygen atoms in total. The molecular formula is C18H13FN4O2S. The molecule has 0 aliphatic carbocycles. The first-order chi connectivity index (χ1) is 12.7. The summed E-state index contributed by atoms with van der Waals surface area (Å²) in [6.07, 6.45) is 0. The van der Waals surface area contributed by atoms with Crippen LogP contribution in [-0.2, 0) is 9.53 Å². The second-order valence-corrected chi connectivity index (χ2v) is 6.40. The first kappa shape index (κ1) is 16.5. The highest BCUT2D eigenvalue weighted by atomic mass is 32.2. The molecule has 0 radical (unpaired) electrons. The van der Waals surface area contributed by atoms with Crippen LogP contribution in [0.4, 0.5) is 4.39 Å². The van der Waals surface area contributed by atoms with Crippen molar-refractivity contribution in [3.63, 3.8) is 0 Å². The Hall–Kier alpha value is -3.00. The van der Waals surface area contributed by atoms with Gasteiger partial charge in [0.05, 0.1) is 18.4 Å². The third-order valence-electron chi connectivity index (χ3n) is 3.80. The van der Waals surface area contributed by atoms with E-state index in [1.807, 2.05) is 24.3 Å². The summed E-state index contributed by atoms with van der Waals surface area (Å²) in [7, 11) is 1.34. The van der Waals surface area contributed by atoms with E-state index in [0.717, 1.165) is 10.9 Å². The van der Waals surface area contributed by atoms with Crippen molar-refractivity contribution in [3.05, 3.63) is 54.3 Å². The van der Waals surface area contributed by atoms with Crippen molar-refractivity contribution in [3.8, 4) is 11.4 Å². The van der Waals surface area contributed by atoms with Gasteiger partial charge in [-0.15, -0.1) is 5.10 Å². The number of fused-ring (bicyclic) bond motifs is 3. The molecule has 0 N–H and O–H groups in total. The number of methoxy groups -OCH3 is 1. The van der Waals surface area contributed by atoms with E-state index in [2.05, 4.69) is 19.8 Å². The Kier molecular flexibility index (Phi) is 4.26. The highest BCUT2D eigenvalue weighted by molar-refractivity contribution is 7.99. The van der Waals surface area contributed by atoms with Gasteiger partial charge in [0, 0.05) is 10.9 Å². The number of rotatable bonds is 4. The van der Waals surface area contributed by atoms with Gasteiger partial charge in [-0.3, -0.25) is 4.79 Å². The number of ether oxygens (including phenoxy) is 1. The Balaban J connectivity index is 1.88. The maximum atomic E-state index is 13.2. The lowest BCUT2D eigenvalue weighted by molar-refractivity contribution is -0.137. The second-order valence-electron chi connectivity index (χ2n) is 5.45. The Morgan fingerprint density at radius 3 is 2.69 bits per heavy atom. The van der Waals surface area contributed by atoms with Crippen LogP contribution in [0.1, 0.15) is 0 Å².